The molecule has 2 rings (SSSR count). The van der Waals surface area contributed by atoms with E-state index in [0.29, 0.717) is 10.6 Å². The molecule has 0 bridgehead atoms. The molecule has 0 spiro atoms. The topological polar surface area (TPSA) is 66.4 Å². The number of thiophene rings is 1. The fourth-order valence-corrected chi connectivity index (χ4v) is 2.50. The Morgan fingerprint density at radius 1 is 1.28 bits per heavy atom. The monoisotopic (exact) mass is 373 g/mol. The van der Waals surface area contributed by atoms with Crippen LogP contribution < -0.4 is 5.32 Å². The highest BCUT2D eigenvalue weighted by molar-refractivity contribution is 14.1. The lowest BCUT2D eigenvalue weighted by Gasteiger charge is -2.07. The number of aromatic carboxylic acids is 1. The summed E-state index contributed by atoms with van der Waals surface area (Å²) in [4.78, 5) is 23.5. The van der Waals surface area contributed by atoms with Gasteiger partial charge in [0.05, 0.1) is 16.1 Å². The van der Waals surface area contributed by atoms with Crippen molar-refractivity contribution in [2.75, 3.05) is 5.32 Å². The van der Waals surface area contributed by atoms with Crippen LogP contribution >= 0.6 is 33.9 Å². The number of hydrogen-bond donors (Lipinski definition) is 2. The number of carbonyl (C=O) groups is 2. The van der Waals surface area contributed by atoms with Crippen molar-refractivity contribution < 1.29 is 14.7 Å². The summed E-state index contributed by atoms with van der Waals surface area (Å²) in [5, 5.41) is 13.5. The van der Waals surface area contributed by atoms with Crippen LogP contribution in [0.2, 0.25) is 0 Å². The van der Waals surface area contributed by atoms with Crippen LogP contribution in [0, 0.1) is 3.57 Å². The van der Waals surface area contributed by atoms with E-state index in [9.17, 15) is 9.59 Å². The Kier molecular flexibility index (Phi) is 3.97. The lowest BCUT2D eigenvalue weighted by Crippen LogP contribution is -2.13. The molecule has 6 heteroatoms. The number of carbonyl (C=O) groups excluding carboxylic acids is 1. The van der Waals surface area contributed by atoms with E-state index in [0.717, 1.165) is 3.57 Å². The van der Waals surface area contributed by atoms with Crippen molar-refractivity contribution in [1.29, 1.82) is 0 Å². The Morgan fingerprint density at radius 2 is 2.06 bits per heavy atom. The second kappa shape index (κ2) is 5.49. The zero-order valence-electron chi connectivity index (χ0n) is 9.01. The Labute approximate surface area is 121 Å². The fourth-order valence-electron chi connectivity index (χ4n) is 1.39. The van der Waals surface area contributed by atoms with Gasteiger partial charge in [0.25, 0.3) is 5.91 Å². The molecule has 0 aliphatic carbocycles. The van der Waals surface area contributed by atoms with Gasteiger partial charge in [0.2, 0.25) is 0 Å². The Hall–Kier alpha value is -1.41. The molecule has 0 saturated heterocycles. The van der Waals surface area contributed by atoms with Gasteiger partial charge in [-0.1, -0.05) is 6.07 Å². The minimum atomic E-state index is -1.06. The van der Waals surface area contributed by atoms with E-state index in [1.165, 1.54) is 17.4 Å². The Bertz CT molecular complexity index is 595. The summed E-state index contributed by atoms with van der Waals surface area (Å²) < 4.78 is 0.805. The van der Waals surface area contributed by atoms with E-state index in [1.807, 2.05) is 22.6 Å². The predicted molar refractivity (Wildman–Crippen MR) is 78.4 cm³/mol. The predicted octanol–water partition coefficient (Wildman–Crippen LogP) is 3.30. The Balaban J connectivity index is 2.29. The van der Waals surface area contributed by atoms with Gasteiger partial charge < -0.3 is 10.4 Å². The van der Waals surface area contributed by atoms with Crippen molar-refractivity contribution in [3.63, 3.8) is 0 Å². The maximum absolute atomic E-state index is 11.8. The largest absolute Gasteiger partial charge is 0.478 e. The average Bonchev–Trinajstić information content (AvgIpc) is 2.84. The summed E-state index contributed by atoms with van der Waals surface area (Å²) in [6.45, 7) is 0. The van der Waals surface area contributed by atoms with Crippen molar-refractivity contribution in [3.8, 4) is 0 Å². The van der Waals surface area contributed by atoms with Gasteiger partial charge in [-0.25, -0.2) is 4.79 Å². The van der Waals surface area contributed by atoms with Gasteiger partial charge in [-0.2, -0.15) is 0 Å². The highest BCUT2D eigenvalue weighted by atomic mass is 127. The molecule has 1 amide bonds. The summed E-state index contributed by atoms with van der Waals surface area (Å²) in [6, 6.07) is 8.32. The van der Waals surface area contributed by atoms with Crippen molar-refractivity contribution in [1.82, 2.24) is 0 Å². The SMILES string of the molecule is O=C(Nc1ccc(I)cc1C(=O)O)c1cccs1. The number of benzene rings is 1. The van der Waals surface area contributed by atoms with Gasteiger partial charge in [0.1, 0.15) is 0 Å². The van der Waals surface area contributed by atoms with Crippen LogP contribution in [-0.2, 0) is 0 Å². The number of nitrogens with one attached hydrogen (secondary N) is 1. The highest BCUT2D eigenvalue weighted by Crippen LogP contribution is 2.20. The van der Waals surface area contributed by atoms with Crippen LogP contribution in [0.5, 0.6) is 0 Å². The quantitative estimate of drug-likeness (QED) is 0.812. The third kappa shape index (κ3) is 2.88. The minimum absolute atomic E-state index is 0.0896. The van der Waals surface area contributed by atoms with Crippen LogP contribution in [0.3, 0.4) is 0 Å². The first-order valence-corrected chi connectivity index (χ1v) is 6.91. The normalized spacial score (nSPS) is 10.1. The summed E-state index contributed by atoms with van der Waals surface area (Å²) in [6.07, 6.45) is 0. The summed E-state index contributed by atoms with van der Waals surface area (Å²) in [5.41, 5.74) is 0.396. The smallest absolute Gasteiger partial charge is 0.337 e. The number of carboxylic acid groups (broad SMARTS) is 1. The number of anilines is 1. The third-order valence-corrected chi connectivity index (χ3v) is 3.74. The third-order valence-electron chi connectivity index (χ3n) is 2.21. The van der Waals surface area contributed by atoms with E-state index < -0.39 is 5.97 Å². The maximum atomic E-state index is 11.8. The van der Waals surface area contributed by atoms with Crippen LogP contribution in [-0.4, -0.2) is 17.0 Å². The molecule has 1 aromatic carbocycles. The van der Waals surface area contributed by atoms with E-state index in [1.54, 1.807) is 29.6 Å². The second-order valence-corrected chi connectivity index (χ2v) is 5.62. The highest BCUT2D eigenvalue weighted by Gasteiger charge is 2.14. The number of carboxylic acids is 1. The minimum Gasteiger partial charge on any atom is -0.478 e. The molecular weight excluding hydrogens is 365 g/mol. The number of halogens is 1. The molecule has 0 atom stereocenters. The summed E-state index contributed by atoms with van der Waals surface area (Å²) in [7, 11) is 0. The molecule has 0 saturated carbocycles. The lowest BCUT2D eigenvalue weighted by molar-refractivity contribution is 0.0698. The zero-order valence-corrected chi connectivity index (χ0v) is 12.0. The molecule has 0 aliphatic rings. The molecule has 0 radical (unpaired) electrons. The first-order chi connectivity index (χ1) is 8.58. The van der Waals surface area contributed by atoms with Gasteiger partial charge in [-0.3, -0.25) is 4.79 Å². The molecule has 2 aromatic rings. The molecule has 0 fully saturated rings. The lowest BCUT2D eigenvalue weighted by atomic mass is 10.2. The molecule has 18 heavy (non-hydrogen) atoms. The van der Waals surface area contributed by atoms with Gasteiger partial charge in [0.15, 0.2) is 0 Å². The molecule has 1 heterocycles. The van der Waals surface area contributed by atoms with E-state index in [4.69, 9.17) is 5.11 Å². The van der Waals surface area contributed by atoms with Crippen molar-refractivity contribution >= 4 is 51.5 Å². The van der Waals surface area contributed by atoms with Gasteiger partial charge in [0, 0.05) is 3.57 Å². The average molecular weight is 373 g/mol. The van der Waals surface area contributed by atoms with Gasteiger partial charge in [-0.15, -0.1) is 11.3 Å². The van der Waals surface area contributed by atoms with Gasteiger partial charge >= 0.3 is 5.97 Å². The van der Waals surface area contributed by atoms with E-state index >= 15 is 0 Å². The molecule has 4 nitrogen and oxygen atoms in total. The van der Waals surface area contributed by atoms with E-state index in [2.05, 4.69) is 5.32 Å². The first-order valence-electron chi connectivity index (χ1n) is 4.95. The Morgan fingerprint density at radius 3 is 2.67 bits per heavy atom. The molecule has 92 valence electrons. The van der Waals surface area contributed by atoms with Crippen molar-refractivity contribution in [3.05, 3.63) is 49.7 Å². The second-order valence-electron chi connectivity index (χ2n) is 3.43. The molecule has 1 aromatic heterocycles. The van der Waals surface area contributed by atoms with Gasteiger partial charge in [-0.05, 0) is 52.2 Å². The number of hydrogen-bond acceptors (Lipinski definition) is 3. The molecular formula is C12H8INO3S. The van der Waals surface area contributed by atoms with Crippen LogP contribution in [0.4, 0.5) is 5.69 Å². The summed E-state index contributed by atoms with van der Waals surface area (Å²) >= 11 is 3.33. The van der Waals surface area contributed by atoms with Crippen molar-refractivity contribution in [2.45, 2.75) is 0 Å². The summed E-state index contributed by atoms with van der Waals surface area (Å²) in [5.74, 6) is -1.36. The molecule has 0 unspecified atom stereocenters. The standard InChI is InChI=1S/C12H8INO3S/c13-7-3-4-9(8(6-7)12(16)17)14-11(15)10-2-1-5-18-10/h1-6H,(H,14,15)(H,16,17). The maximum Gasteiger partial charge on any atom is 0.337 e. The zero-order chi connectivity index (χ0) is 13.1. The molecule has 2 N–H and O–H groups in total. The fraction of sp³-hybridized carbons (Fsp3) is 0. The molecule has 0 aliphatic heterocycles. The van der Waals surface area contributed by atoms with Crippen molar-refractivity contribution in [2.24, 2.45) is 0 Å². The van der Waals surface area contributed by atoms with E-state index in [-0.39, 0.29) is 11.5 Å². The van der Waals surface area contributed by atoms with Crippen LogP contribution in [0.25, 0.3) is 0 Å². The number of amides is 1. The first kappa shape index (κ1) is 13.0. The van der Waals surface area contributed by atoms with Crippen LogP contribution in [0.1, 0.15) is 20.0 Å². The number of rotatable bonds is 3. The van der Waals surface area contributed by atoms with Crippen LogP contribution in [0.15, 0.2) is 35.7 Å².